The van der Waals surface area contributed by atoms with Gasteiger partial charge in [-0.05, 0) is 12.3 Å². The number of hydrogen-bond donors (Lipinski definition) is 3. The zero-order valence-electron chi connectivity index (χ0n) is 16.9. The Kier molecular flexibility index (Phi) is 2.97. The molecule has 6 aliphatic rings. The second-order valence-corrected chi connectivity index (χ2v) is 10.7. The van der Waals surface area contributed by atoms with E-state index in [1.165, 1.54) is 6.92 Å². The van der Waals surface area contributed by atoms with Gasteiger partial charge in [0.1, 0.15) is 12.2 Å². The number of aliphatic hydroxyl groups excluding tert-OH is 2. The van der Waals surface area contributed by atoms with Crippen LogP contribution < -0.4 is 0 Å². The van der Waals surface area contributed by atoms with Gasteiger partial charge in [0.2, 0.25) is 11.9 Å². The molecule has 0 aromatic heterocycles. The third-order valence-corrected chi connectivity index (χ3v) is 8.91. The molecule has 4 saturated heterocycles. The molecule has 0 aromatic carbocycles. The van der Waals surface area contributed by atoms with Crippen LogP contribution in [-0.4, -0.2) is 75.1 Å². The zero-order valence-corrected chi connectivity index (χ0v) is 16.9. The van der Waals surface area contributed by atoms with E-state index >= 15 is 0 Å². The van der Waals surface area contributed by atoms with E-state index in [0.717, 1.165) is 0 Å². The van der Waals surface area contributed by atoms with Crippen LogP contribution >= 0.6 is 0 Å². The molecule has 2 saturated carbocycles. The minimum absolute atomic E-state index is 0.107. The van der Waals surface area contributed by atoms with E-state index in [1.54, 1.807) is 0 Å². The lowest BCUT2D eigenvalue weighted by molar-refractivity contribution is -0.239. The van der Waals surface area contributed by atoms with Crippen molar-refractivity contribution in [1.82, 2.24) is 0 Å². The average Bonchev–Trinajstić information content (AvgIpc) is 3.32. The van der Waals surface area contributed by atoms with Gasteiger partial charge in [0.15, 0.2) is 11.7 Å². The van der Waals surface area contributed by atoms with Gasteiger partial charge in [0.25, 0.3) is 0 Å². The van der Waals surface area contributed by atoms with Gasteiger partial charge in [0, 0.05) is 12.3 Å². The number of ether oxygens (including phenoxy) is 4. The summed E-state index contributed by atoms with van der Waals surface area (Å²) in [4.78, 5) is 38.2. The first kappa shape index (κ1) is 19.0. The Morgan fingerprint density at radius 2 is 1.70 bits per heavy atom. The van der Waals surface area contributed by atoms with Crippen LogP contribution in [0.2, 0.25) is 0 Å². The summed E-state index contributed by atoms with van der Waals surface area (Å²) in [7, 11) is 0. The van der Waals surface area contributed by atoms with Gasteiger partial charge in [-0.3, -0.25) is 4.79 Å². The highest BCUT2D eigenvalue weighted by atomic mass is 16.8. The van der Waals surface area contributed by atoms with Gasteiger partial charge in [-0.1, -0.05) is 20.8 Å². The van der Waals surface area contributed by atoms with Gasteiger partial charge >= 0.3 is 17.9 Å². The molecule has 6 rings (SSSR count). The van der Waals surface area contributed by atoms with Crippen molar-refractivity contribution >= 4 is 17.9 Å². The molecule has 30 heavy (non-hydrogen) atoms. The number of rotatable bonds is 0. The summed E-state index contributed by atoms with van der Waals surface area (Å²) in [5, 5.41) is 34.4. The Balaban J connectivity index is 1.71. The van der Waals surface area contributed by atoms with Crippen molar-refractivity contribution in [3.8, 4) is 0 Å². The number of hydrogen-bond acceptors (Lipinski definition) is 10. The van der Waals surface area contributed by atoms with E-state index in [9.17, 15) is 29.7 Å². The fourth-order valence-electron chi connectivity index (χ4n) is 8.22. The summed E-state index contributed by atoms with van der Waals surface area (Å²) in [6.07, 6.45) is -6.73. The smallest absolute Gasteiger partial charge is 0.342 e. The van der Waals surface area contributed by atoms with Gasteiger partial charge in [-0.25, -0.2) is 9.59 Å². The molecule has 3 N–H and O–H groups in total. The van der Waals surface area contributed by atoms with Crippen molar-refractivity contribution in [2.45, 2.75) is 76.0 Å². The SMILES string of the molecule is C[C@@H]1C(=O)O[C@H]2C[C@@]34[C@@H]5OC(=O)[C@]3(O[C@@H]3OC(=O)[C@H](O)[C@@]34[C@H](C(C)(C)C)[C@H]5O)[C@]21O. The molecule has 0 radical (unpaired) electrons. The molecular weight excluding hydrogens is 400 g/mol. The van der Waals surface area contributed by atoms with Crippen molar-refractivity contribution in [2.75, 3.05) is 0 Å². The van der Waals surface area contributed by atoms with E-state index in [4.69, 9.17) is 18.9 Å². The van der Waals surface area contributed by atoms with E-state index in [2.05, 4.69) is 0 Å². The van der Waals surface area contributed by atoms with Gasteiger partial charge in [-0.15, -0.1) is 0 Å². The van der Waals surface area contributed by atoms with E-state index in [1.807, 2.05) is 20.8 Å². The Hall–Kier alpha value is -1.75. The van der Waals surface area contributed by atoms with Gasteiger partial charge in [0.05, 0.1) is 22.9 Å². The summed E-state index contributed by atoms with van der Waals surface area (Å²) in [5.74, 6) is -4.43. The first-order valence-electron chi connectivity index (χ1n) is 10.2. The predicted octanol–water partition coefficient (Wildman–Crippen LogP) is -1.37. The maximum atomic E-state index is 13.4. The molecule has 0 aromatic rings. The topological polar surface area (TPSA) is 149 Å². The molecule has 0 bridgehead atoms. The largest absolute Gasteiger partial charge is 0.459 e. The van der Waals surface area contributed by atoms with Crippen LogP contribution in [0.1, 0.15) is 34.1 Å². The Morgan fingerprint density at radius 3 is 2.33 bits per heavy atom. The zero-order chi connectivity index (χ0) is 21.8. The molecule has 2 spiro atoms. The molecular formula is C20H24O10. The van der Waals surface area contributed by atoms with Crippen LogP contribution in [0.3, 0.4) is 0 Å². The monoisotopic (exact) mass is 424 g/mol. The minimum Gasteiger partial charge on any atom is -0.459 e. The molecule has 11 atom stereocenters. The standard InChI is InChI=1S/C20H24O10/c1-6-12(23)27-7-5-17-11-8(21)9(16(2,3)4)18(17)10(22)13(24)29-15(18)30-20(17,14(25)28-11)19(6,7)26/h6-11,15,21-22,26H,5H2,1-4H3/t6-,7+,8-,9+,10+,11-,15+,17+,18+,19-,20-/m1/s1. The number of fused-ring (bicyclic) bond motifs is 1. The molecule has 4 heterocycles. The molecule has 0 amide bonds. The van der Waals surface area contributed by atoms with Crippen molar-refractivity contribution in [2.24, 2.45) is 28.1 Å². The van der Waals surface area contributed by atoms with E-state index in [-0.39, 0.29) is 6.42 Å². The minimum atomic E-state index is -2.12. The molecule has 6 fully saturated rings. The Bertz CT molecular complexity index is 925. The lowest BCUT2D eigenvalue weighted by Gasteiger charge is -2.46. The summed E-state index contributed by atoms with van der Waals surface area (Å²) >= 11 is 0. The summed E-state index contributed by atoms with van der Waals surface area (Å²) in [6.45, 7) is 6.97. The second kappa shape index (κ2) is 4.69. The second-order valence-electron chi connectivity index (χ2n) is 10.7. The lowest BCUT2D eigenvalue weighted by atomic mass is 9.51. The Morgan fingerprint density at radius 1 is 1.03 bits per heavy atom. The van der Waals surface area contributed by atoms with Crippen molar-refractivity contribution in [1.29, 1.82) is 0 Å². The van der Waals surface area contributed by atoms with Crippen molar-refractivity contribution < 1.29 is 48.7 Å². The van der Waals surface area contributed by atoms with Crippen LogP contribution in [0.25, 0.3) is 0 Å². The van der Waals surface area contributed by atoms with Gasteiger partial charge in [-0.2, -0.15) is 0 Å². The van der Waals surface area contributed by atoms with Crippen LogP contribution in [0.4, 0.5) is 0 Å². The molecule has 0 unspecified atom stereocenters. The summed E-state index contributed by atoms with van der Waals surface area (Å²) in [6, 6.07) is 0. The predicted molar refractivity (Wildman–Crippen MR) is 92.0 cm³/mol. The van der Waals surface area contributed by atoms with E-state index in [0.29, 0.717) is 0 Å². The molecule has 10 heteroatoms. The molecule has 2 aliphatic carbocycles. The van der Waals surface area contributed by atoms with Crippen molar-refractivity contribution in [3.63, 3.8) is 0 Å². The van der Waals surface area contributed by atoms with Crippen molar-refractivity contribution in [3.05, 3.63) is 0 Å². The Labute approximate surface area is 171 Å². The van der Waals surface area contributed by atoms with Gasteiger partial charge < -0.3 is 34.3 Å². The normalized spacial score (nSPS) is 60.1. The quantitative estimate of drug-likeness (QED) is 0.314. The summed E-state index contributed by atoms with van der Waals surface area (Å²) in [5.41, 5.74) is -7.95. The van der Waals surface area contributed by atoms with Crippen LogP contribution in [0.15, 0.2) is 0 Å². The van der Waals surface area contributed by atoms with Crippen LogP contribution in [-0.2, 0) is 33.3 Å². The highest BCUT2D eigenvalue weighted by molar-refractivity contribution is 5.93. The molecule has 164 valence electrons. The average molecular weight is 424 g/mol. The number of esters is 3. The first-order valence-corrected chi connectivity index (χ1v) is 10.2. The fourth-order valence-corrected chi connectivity index (χ4v) is 8.22. The first-order chi connectivity index (χ1) is 13.8. The highest BCUT2D eigenvalue weighted by Crippen LogP contribution is 2.84. The third-order valence-electron chi connectivity index (χ3n) is 8.91. The number of carbonyl (C=O) groups is 3. The van der Waals surface area contributed by atoms with E-state index < -0.39 is 87.9 Å². The maximum absolute atomic E-state index is 13.4. The third kappa shape index (κ3) is 1.35. The lowest BCUT2D eigenvalue weighted by Crippen LogP contribution is -2.66. The number of carbonyl (C=O) groups excluding carboxylic acids is 3. The summed E-state index contributed by atoms with van der Waals surface area (Å²) < 4.78 is 22.6. The maximum Gasteiger partial charge on any atom is 0.342 e. The fraction of sp³-hybridized carbons (Fsp3) is 0.850. The number of aliphatic hydroxyl groups is 3. The molecule has 10 nitrogen and oxygen atoms in total. The van der Waals surface area contributed by atoms with Crippen LogP contribution in [0.5, 0.6) is 0 Å². The molecule has 4 aliphatic heterocycles. The van der Waals surface area contributed by atoms with Crippen LogP contribution in [0, 0.1) is 28.1 Å². The highest BCUT2D eigenvalue weighted by Gasteiger charge is 3.02.